The summed E-state index contributed by atoms with van der Waals surface area (Å²) in [7, 11) is 0. The van der Waals surface area contributed by atoms with E-state index >= 15 is 0 Å². The number of hydrogen-bond donors (Lipinski definition) is 0. The molecule has 12 heteroatoms. The van der Waals surface area contributed by atoms with Crippen molar-refractivity contribution in [2.75, 3.05) is 39.0 Å². The van der Waals surface area contributed by atoms with Crippen molar-refractivity contribution < 1.29 is 35.5 Å². The number of likely N-dealkylation sites (tertiary alicyclic amines) is 1. The molecule has 0 aromatic heterocycles. The van der Waals surface area contributed by atoms with Crippen molar-refractivity contribution in [3.8, 4) is 0 Å². The summed E-state index contributed by atoms with van der Waals surface area (Å²) in [5, 5.41) is 0. The third-order valence-corrected chi connectivity index (χ3v) is 7.87. The van der Waals surface area contributed by atoms with Crippen LogP contribution in [0.5, 0.6) is 0 Å². The number of amides is 2. The molecule has 2 unspecified atom stereocenters. The minimum atomic E-state index is -6.13. The Balaban J connectivity index is 1.55. The lowest BCUT2D eigenvalue weighted by Crippen LogP contribution is -2.53. The topological polar surface area (TPSA) is 26.8 Å². The number of rotatable bonds is 2. The standard InChI is InChI=1S/C21H24F7N3OS/c1-33-30-10-8-29(9-11-30)18(32)31-7-6-16-15-4-3-14(12-13(15)2-5-17(16)31)19(22,20(23,24)25)21(26,27)28/h3-4,12,16-17H,2,5-11H2,1H3. The van der Waals surface area contributed by atoms with Gasteiger partial charge in [-0.2, -0.15) is 26.3 Å². The van der Waals surface area contributed by atoms with E-state index in [0.717, 1.165) is 13.1 Å². The van der Waals surface area contributed by atoms with Crippen molar-refractivity contribution in [3.63, 3.8) is 0 Å². The summed E-state index contributed by atoms with van der Waals surface area (Å²) in [4.78, 5) is 16.7. The maximum atomic E-state index is 14.5. The van der Waals surface area contributed by atoms with Gasteiger partial charge in [0.1, 0.15) is 0 Å². The number of benzene rings is 1. The summed E-state index contributed by atoms with van der Waals surface area (Å²) >= 11 is 1.62. The van der Waals surface area contributed by atoms with Gasteiger partial charge in [0.05, 0.1) is 0 Å². The number of carbonyl (C=O) groups is 1. The predicted octanol–water partition coefficient (Wildman–Crippen LogP) is 5.10. The highest BCUT2D eigenvalue weighted by molar-refractivity contribution is 7.96. The molecule has 2 atom stereocenters. The van der Waals surface area contributed by atoms with Gasteiger partial charge in [-0.1, -0.05) is 30.1 Å². The van der Waals surface area contributed by atoms with E-state index in [-0.39, 0.29) is 30.0 Å². The highest BCUT2D eigenvalue weighted by Crippen LogP contribution is 2.54. The Labute approximate surface area is 191 Å². The average Bonchev–Trinajstić information content (AvgIpc) is 3.20. The van der Waals surface area contributed by atoms with Gasteiger partial charge in [-0.05, 0) is 36.6 Å². The van der Waals surface area contributed by atoms with E-state index in [0.29, 0.717) is 50.2 Å². The third kappa shape index (κ3) is 4.06. The number of hydrogen-bond acceptors (Lipinski definition) is 3. The summed E-state index contributed by atoms with van der Waals surface area (Å²) in [6, 6.07) is 2.22. The van der Waals surface area contributed by atoms with Crippen LogP contribution in [0.15, 0.2) is 18.2 Å². The molecule has 2 saturated heterocycles. The van der Waals surface area contributed by atoms with Gasteiger partial charge in [0, 0.05) is 50.2 Å². The molecule has 3 aliphatic rings. The molecule has 0 saturated carbocycles. The highest BCUT2D eigenvalue weighted by Gasteiger charge is 2.73. The van der Waals surface area contributed by atoms with Crippen molar-refractivity contribution in [2.45, 2.75) is 49.2 Å². The number of nitrogens with zero attached hydrogens (tertiary/aromatic N) is 3. The first kappa shape index (κ1) is 24.4. The molecule has 0 bridgehead atoms. The third-order valence-electron chi connectivity index (χ3n) is 6.99. The largest absolute Gasteiger partial charge is 0.435 e. The van der Waals surface area contributed by atoms with Gasteiger partial charge in [-0.15, -0.1) is 0 Å². The van der Waals surface area contributed by atoms with Crippen LogP contribution in [-0.4, -0.2) is 77.5 Å². The van der Waals surface area contributed by atoms with Crippen molar-refractivity contribution in [2.24, 2.45) is 0 Å². The lowest BCUT2D eigenvalue weighted by Gasteiger charge is -2.39. The van der Waals surface area contributed by atoms with Crippen LogP contribution in [0.25, 0.3) is 0 Å². The fourth-order valence-electron chi connectivity index (χ4n) is 5.24. The molecule has 1 aliphatic carbocycles. The van der Waals surface area contributed by atoms with Crippen molar-refractivity contribution in [3.05, 3.63) is 34.9 Å². The average molecular weight is 499 g/mol. The van der Waals surface area contributed by atoms with Gasteiger partial charge in [0.2, 0.25) is 0 Å². The Morgan fingerprint density at radius 1 is 0.939 bits per heavy atom. The summed E-state index contributed by atoms with van der Waals surface area (Å²) in [5.41, 5.74) is -5.99. The lowest BCUT2D eigenvalue weighted by atomic mass is 9.77. The minimum absolute atomic E-state index is 0.0831. The SMILES string of the molecule is CSN1CCN(C(=O)N2CCC3c4ccc(C(F)(C(F)(F)F)C(F)(F)F)cc4CCC32)CC1. The molecule has 0 radical (unpaired) electrons. The van der Waals surface area contributed by atoms with Crippen LogP contribution < -0.4 is 0 Å². The van der Waals surface area contributed by atoms with Gasteiger partial charge in [0.15, 0.2) is 0 Å². The van der Waals surface area contributed by atoms with Crippen LogP contribution in [0, 0.1) is 0 Å². The van der Waals surface area contributed by atoms with Gasteiger partial charge < -0.3 is 9.80 Å². The van der Waals surface area contributed by atoms with Gasteiger partial charge in [0.25, 0.3) is 0 Å². The zero-order chi connectivity index (χ0) is 24.2. The Hall–Kier alpha value is -1.69. The van der Waals surface area contributed by atoms with Gasteiger partial charge >= 0.3 is 24.1 Å². The lowest BCUT2D eigenvalue weighted by molar-refractivity contribution is -0.348. The number of urea groups is 1. The molecule has 184 valence electrons. The van der Waals surface area contributed by atoms with Crippen molar-refractivity contribution in [1.82, 2.24) is 14.1 Å². The van der Waals surface area contributed by atoms with Crippen LogP contribution in [-0.2, 0) is 12.1 Å². The molecule has 4 nitrogen and oxygen atoms in total. The molecule has 0 N–H and O–H groups in total. The Morgan fingerprint density at radius 2 is 1.58 bits per heavy atom. The van der Waals surface area contributed by atoms with Crippen LogP contribution in [0.3, 0.4) is 0 Å². The minimum Gasteiger partial charge on any atom is -0.322 e. The molecular formula is C21H24F7N3OS. The van der Waals surface area contributed by atoms with Crippen LogP contribution in [0.2, 0.25) is 0 Å². The fourth-order valence-corrected chi connectivity index (χ4v) is 5.77. The number of aryl methyl sites for hydroxylation is 1. The first-order valence-electron chi connectivity index (χ1n) is 10.7. The monoisotopic (exact) mass is 499 g/mol. The Bertz CT molecular complexity index is 885. The van der Waals surface area contributed by atoms with Crippen molar-refractivity contribution in [1.29, 1.82) is 0 Å². The van der Waals surface area contributed by atoms with Gasteiger partial charge in [-0.25, -0.2) is 13.5 Å². The van der Waals surface area contributed by atoms with Crippen LogP contribution in [0.1, 0.15) is 35.4 Å². The molecular weight excluding hydrogens is 475 g/mol. The van der Waals surface area contributed by atoms with Crippen molar-refractivity contribution >= 4 is 18.0 Å². The molecule has 1 aromatic carbocycles. The van der Waals surface area contributed by atoms with E-state index in [1.165, 1.54) is 6.07 Å². The molecule has 2 heterocycles. The second kappa shape index (κ2) is 8.51. The molecule has 0 spiro atoms. The highest BCUT2D eigenvalue weighted by atomic mass is 32.2. The summed E-state index contributed by atoms with van der Waals surface area (Å²) < 4.78 is 95.5. The first-order chi connectivity index (χ1) is 15.4. The zero-order valence-electron chi connectivity index (χ0n) is 17.8. The second-order valence-corrected chi connectivity index (χ2v) is 9.52. The number of carbonyl (C=O) groups excluding carboxylic acids is 1. The quantitative estimate of drug-likeness (QED) is 0.419. The second-order valence-electron chi connectivity index (χ2n) is 8.64. The zero-order valence-corrected chi connectivity index (χ0v) is 18.7. The molecule has 2 amide bonds. The maximum absolute atomic E-state index is 14.5. The molecule has 2 fully saturated rings. The Kier molecular flexibility index (Phi) is 6.30. The first-order valence-corrected chi connectivity index (χ1v) is 11.9. The number of alkyl halides is 7. The van der Waals surface area contributed by atoms with E-state index in [4.69, 9.17) is 0 Å². The van der Waals surface area contributed by atoms with E-state index in [1.54, 1.807) is 21.7 Å². The van der Waals surface area contributed by atoms with E-state index in [9.17, 15) is 35.5 Å². The van der Waals surface area contributed by atoms with Crippen LogP contribution in [0.4, 0.5) is 35.5 Å². The molecule has 2 aliphatic heterocycles. The fraction of sp³-hybridized carbons (Fsp3) is 0.667. The molecule has 1 aromatic rings. The smallest absolute Gasteiger partial charge is 0.322 e. The van der Waals surface area contributed by atoms with E-state index in [2.05, 4.69) is 4.31 Å². The van der Waals surface area contributed by atoms with Crippen LogP contribution >= 0.6 is 11.9 Å². The summed E-state index contributed by atoms with van der Waals surface area (Å²) in [6.45, 7) is 3.17. The summed E-state index contributed by atoms with van der Waals surface area (Å²) in [5.74, 6) is -0.190. The van der Waals surface area contributed by atoms with E-state index in [1.807, 2.05) is 6.26 Å². The molecule has 4 rings (SSSR count). The predicted molar refractivity (Wildman–Crippen MR) is 110 cm³/mol. The maximum Gasteiger partial charge on any atom is 0.435 e. The van der Waals surface area contributed by atoms with Gasteiger partial charge in [-0.3, -0.25) is 0 Å². The number of halogens is 7. The molecule has 33 heavy (non-hydrogen) atoms. The van der Waals surface area contributed by atoms with E-state index < -0.39 is 23.6 Å². The number of fused-ring (bicyclic) bond motifs is 3. The Morgan fingerprint density at radius 3 is 2.15 bits per heavy atom. The summed E-state index contributed by atoms with van der Waals surface area (Å²) in [6.07, 6.45) is -9.13. The number of piperazine rings is 1. The normalized spacial score (nSPS) is 24.6.